The molecular weight excluding hydrogens is 698 g/mol. The van der Waals surface area contributed by atoms with E-state index in [9.17, 15) is 4.79 Å². The molecule has 1 unspecified atom stereocenters. The summed E-state index contributed by atoms with van der Waals surface area (Å²) in [6.45, 7) is 3.34. The molecule has 2 saturated heterocycles. The molecule has 0 radical (unpaired) electrons. The number of benzene rings is 3. The zero-order valence-corrected chi connectivity index (χ0v) is 25.2. The number of ether oxygens (including phenoxy) is 6. The maximum absolute atomic E-state index is 11.8. The van der Waals surface area contributed by atoms with Crippen LogP contribution in [0.25, 0.3) is 0 Å². The summed E-state index contributed by atoms with van der Waals surface area (Å²) in [6.07, 6.45) is -1.01. The number of methoxy groups -OCH3 is 2. The number of hydrogen-bond acceptors (Lipinski definition) is 7. The van der Waals surface area contributed by atoms with Gasteiger partial charge in [0.25, 0.3) is 0 Å². The third-order valence-electron chi connectivity index (χ3n) is 6.77. The molecule has 8 heteroatoms. The predicted molar refractivity (Wildman–Crippen MR) is 132 cm³/mol. The van der Waals surface area contributed by atoms with Crippen molar-refractivity contribution in [3.05, 3.63) is 102 Å². The second kappa shape index (κ2) is 11.6. The number of carbonyl (C=O) groups excluding carboxylic acids is 1. The molecule has 2 aliphatic heterocycles. The summed E-state index contributed by atoms with van der Waals surface area (Å²) in [5.74, 6) is 1.09. The Labute approximate surface area is 240 Å². The summed E-state index contributed by atoms with van der Waals surface area (Å²) in [5.41, 5.74) is 0.766. The quantitative estimate of drug-likeness (QED) is 0.185. The molecule has 3 atom stereocenters. The molecule has 7 nitrogen and oxygen atoms in total. The van der Waals surface area contributed by atoms with Crippen LogP contribution in [0.2, 0.25) is 0 Å². The van der Waals surface area contributed by atoms with Crippen molar-refractivity contribution in [3.63, 3.8) is 0 Å². The Kier molecular flexibility index (Phi) is 8.67. The third-order valence-corrected chi connectivity index (χ3v) is 6.77. The summed E-state index contributed by atoms with van der Waals surface area (Å²) in [6, 6.07) is 25.6. The molecule has 2 heterocycles. The van der Waals surface area contributed by atoms with Gasteiger partial charge in [-0.25, -0.2) is 0 Å². The smallest absolute Gasteiger partial charge is 0.303 e. The van der Waals surface area contributed by atoms with Gasteiger partial charge in [-0.05, 0) is 47.1 Å². The molecule has 0 amide bonds. The SMILES string of the molecule is COc1ccc(C(OC[C@@]23COC([CH-]O2)[C@H]3OC(C)=O)(c2ccccc2)c2ccc(OC)cc2)cc1.[U]. The number of hydrogen-bond donors (Lipinski definition) is 0. The molecule has 0 spiro atoms. The van der Waals surface area contributed by atoms with Crippen LogP contribution < -0.4 is 9.47 Å². The van der Waals surface area contributed by atoms with Crippen molar-refractivity contribution in [2.75, 3.05) is 27.4 Å². The van der Waals surface area contributed by atoms with E-state index in [1.54, 1.807) is 20.8 Å². The molecule has 37 heavy (non-hydrogen) atoms. The Hall–Kier alpha value is -2.34. The number of esters is 1. The van der Waals surface area contributed by atoms with Gasteiger partial charge in [-0.2, -0.15) is 6.61 Å². The Morgan fingerprint density at radius 3 is 1.92 bits per heavy atom. The minimum absolute atomic E-state index is 0. The summed E-state index contributed by atoms with van der Waals surface area (Å²) in [5, 5.41) is 0. The molecule has 3 aromatic rings. The van der Waals surface area contributed by atoms with Crippen molar-refractivity contribution in [1.29, 1.82) is 0 Å². The van der Waals surface area contributed by atoms with Crippen molar-refractivity contribution < 1.29 is 64.3 Å². The van der Waals surface area contributed by atoms with Gasteiger partial charge in [-0.1, -0.05) is 54.6 Å². The van der Waals surface area contributed by atoms with Crippen LogP contribution in [0.3, 0.4) is 0 Å². The average Bonchev–Trinajstić information content (AvgIpc) is 3.43. The Bertz CT molecular complexity index is 1130. The van der Waals surface area contributed by atoms with E-state index in [0.29, 0.717) is 0 Å². The van der Waals surface area contributed by atoms with E-state index in [2.05, 4.69) is 0 Å². The van der Waals surface area contributed by atoms with Crippen molar-refractivity contribution in [3.8, 4) is 11.5 Å². The standard InChI is InChI=1S/C29H29O7.U/c1-20(30)36-27-26-17-34-28(27,18-33-26)19-35-29(21-7-5-4-6-8-21,22-9-13-24(31-2)14-10-22)23-11-15-25(32-3)16-12-23;/h4-17,26-27H,18-19H2,1-3H3;/q-1;/t26?,27-,28-;/m1./s1. The largest absolute Gasteiger partial charge is 0.539 e. The first-order valence-corrected chi connectivity index (χ1v) is 11.8. The molecule has 0 N–H and O–H groups in total. The van der Waals surface area contributed by atoms with Crippen molar-refractivity contribution in [2.24, 2.45) is 0 Å². The van der Waals surface area contributed by atoms with Crippen molar-refractivity contribution in [2.45, 2.75) is 30.3 Å². The Morgan fingerprint density at radius 1 is 0.919 bits per heavy atom. The normalized spacial score (nSPS) is 22.2. The predicted octanol–water partition coefficient (Wildman–Crippen LogP) is 4.27. The van der Waals surface area contributed by atoms with Gasteiger partial charge in [0.1, 0.15) is 28.8 Å². The van der Waals surface area contributed by atoms with Crippen LogP contribution in [0.5, 0.6) is 11.5 Å². The second-order valence-corrected chi connectivity index (χ2v) is 8.92. The first kappa shape index (κ1) is 27.7. The van der Waals surface area contributed by atoms with Gasteiger partial charge in [0.2, 0.25) is 0 Å². The molecule has 0 saturated carbocycles. The van der Waals surface area contributed by atoms with Crippen LogP contribution in [0, 0.1) is 37.7 Å². The summed E-state index contributed by atoms with van der Waals surface area (Å²) >= 11 is 0. The van der Waals surface area contributed by atoms with E-state index in [0.717, 1.165) is 28.2 Å². The molecule has 0 aromatic heterocycles. The van der Waals surface area contributed by atoms with Gasteiger partial charge in [0.05, 0.1) is 27.4 Å². The molecule has 3 aromatic carbocycles. The monoisotopic (exact) mass is 727 g/mol. The van der Waals surface area contributed by atoms with E-state index in [-0.39, 0.29) is 44.3 Å². The maximum atomic E-state index is 11.8. The van der Waals surface area contributed by atoms with Crippen LogP contribution in [-0.4, -0.2) is 51.2 Å². The Morgan fingerprint density at radius 2 is 1.46 bits per heavy atom. The maximum Gasteiger partial charge on any atom is 0.303 e. The van der Waals surface area contributed by atoms with Crippen LogP contribution in [-0.2, 0) is 29.3 Å². The minimum atomic E-state index is -1.01. The number of rotatable bonds is 9. The minimum Gasteiger partial charge on any atom is -0.539 e. The van der Waals surface area contributed by atoms with Crippen molar-refractivity contribution >= 4 is 5.97 Å². The number of fused-ring (bicyclic) bond motifs is 2. The van der Waals surface area contributed by atoms with E-state index in [1.807, 2.05) is 78.9 Å². The van der Waals surface area contributed by atoms with Gasteiger partial charge in [-0.3, -0.25) is 4.79 Å². The van der Waals surface area contributed by atoms with Gasteiger partial charge >= 0.3 is 5.97 Å². The Balaban J connectivity index is 0.00000320. The zero-order valence-electron chi connectivity index (χ0n) is 21.0. The van der Waals surface area contributed by atoms with E-state index < -0.39 is 29.4 Å². The fourth-order valence-electron chi connectivity index (χ4n) is 4.94. The molecular formula is C29H29O7U-. The summed E-state index contributed by atoms with van der Waals surface area (Å²) in [7, 11) is 3.27. The summed E-state index contributed by atoms with van der Waals surface area (Å²) in [4.78, 5) is 11.8. The van der Waals surface area contributed by atoms with Crippen molar-refractivity contribution in [1.82, 2.24) is 0 Å². The molecule has 2 aliphatic rings. The summed E-state index contributed by atoms with van der Waals surface area (Å²) < 4.78 is 35.3. The molecule has 2 bridgehead atoms. The second-order valence-electron chi connectivity index (χ2n) is 8.92. The van der Waals surface area contributed by atoms with Crippen LogP contribution in [0.1, 0.15) is 23.6 Å². The first-order valence-electron chi connectivity index (χ1n) is 11.8. The third kappa shape index (κ3) is 5.19. The van der Waals surface area contributed by atoms with Gasteiger partial charge in [-0.15, -0.1) is 0 Å². The average molecular weight is 728 g/mol. The topological polar surface area (TPSA) is 72.5 Å². The molecule has 192 valence electrons. The van der Waals surface area contributed by atoms with Crippen LogP contribution in [0.15, 0.2) is 78.9 Å². The van der Waals surface area contributed by atoms with E-state index in [4.69, 9.17) is 28.4 Å². The van der Waals surface area contributed by atoms with E-state index in [1.165, 1.54) is 6.92 Å². The first-order chi connectivity index (χ1) is 17.5. The fraction of sp³-hybridized carbons (Fsp3) is 0.310. The van der Waals surface area contributed by atoms with Gasteiger partial charge in [0, 0.05) is 38.0 Å². The zero-order chi connectivity index (χ0) is 25.2. The van der Waals surface area contributed by atoms with Gasteiger partial charge < -0.3 is 28.4 Å². The number of carbonyl (C=O) groups is 1. The molecule has 0 aliphatic carbocycles. The van der Waals surface area contributed by atoms with Gasteiger partial charge in [0.15, 0.2) is 0 Å². The molecule has 2 fully saturated rings. The molecule has 5 rings (SSSR count). The van der Waals surface area contributed by atoms with Crippen LogP contribution >= 0.6 is 0 Å². The van der Waals surface area contributed by atoms with Crippen LogP contribution in [0.4, 0.5) is 0 Å². The fourth-order valence-corrected chi connectivity index (χ4v) is 4.94. The van der Waals surface area contributed by atoms with E-state index >= 15 is 0 Å².